The van der Waals surface area contributed by atoms with Crippen LogP contribution in [0.15, 0.2) is 16.9 Å². The summed E-state index contributed by atoms with van der Waals surface area (Å²) in [6.07, 6.45) is 6.03. The SMILES string of the molecule is CCNC1CCCc2c1ccc(=O)n2CCN1CCCC1. The van der Waals surface area contributed by atoms with Gasteiger partial charge in [0.25, 0.3) is 5.56 Å². The Labute approximate surface area is 127 Å². The van der Waals surface area contributed by atoms with E-state index in [1.165, 1.54) is 50.0 Å². The third kappa shape index (κ3) is 3.22. The molecule has 2 heterocycles. The minimum Gasteiger partial charge on any atom is -0.311 e. The van der Waals surface area contributed by atoms with E-state index in [9.17, 15) is 4.79 Å². The van der Waals surface area contributed by atoms with Gasteiger partial charge in [0.2, 0.25) is 0 Å². The Hall–Kier alpha value is -1.13. The molecule has 0 bridgehead atoms. The van der Waals surface area contributed by atoms with Crippen molar-refractivity contribution >= 4 is 0 Å². The number of hydrogen-bond donors (Lipinski definition) is 1. The second-order valence-electron chi connectivity index (χ2n) is 6.28. The van der Waals surface area contributed by atoms with Crippen molar-refractivity contribution < 1.29 is 0 Å². The van der Waals surface area contributed by atoms with Gasteiger partial charge in [0, 0.05) is 30.9 Å². The van der Waals surface area contributed by atoms with E-state index in [2.05, 4.69) is 23.2 Å². The van der Waals surface area contributed by atoms with E-state index in [1.54, 1.807) is 6.07 Å². The lowest BCUT2D eigenvalue weighted by Crippen LogP contribution is -2.34. The van der Waals surface area contributed by atoms with Crippen LogP contribution in [-0.4, -0.2) is 35.6 Å². The number of aromatic nitrogens is 1. The molecule has 0 spiro atoms. The van der Waals surface area contributed by atoms with Crippen molar-refractivity contribution in [2.24, 2.45) is 0 Å². The molecule has 1 N–H and O–H groups in total. The Bertz CT molecular complexity index is 531. The zero-order chi connectivity index (χ0) is 14.7. The molecule has 1 aliphatic heterocycles. The normalized spacial score (nSPS) is 22.4. The lowest BCUT2D eigenvalue weighted by atomic mass is 9.91. The van der Waals surface area contributed by atoms with Gasteiger partial charge in [0.05, 0.1) is 0 Å². The standard InChI is InChI=1S/C17H27N3O/c1-2-18-15-6-5-7-16-14(15)8-9-17(21)20(16)13-12-19-10-3-4-11-19/h8-9,15,18H,2-7,10-13H2,1H3. The molecule has 1 fully saturated rings. The van der Waals surface area contributed by atoms with Crippen molar-refractivity contribution in [3.05, 3.63) is 33.7 Å². The monoisotopic (exact) mass is 289 g/mol. The predicted octanol–water partition coefficient (Wildman–Crippen LogP) is 1.93. The lowest BCUT2D eigenvalue weighted by Gasteiger charge is -2.29. The maximum absolute atomic E-state index is 12.3. The van der Waals surface area contributed by atoms with E-state index in [-0.39, 0.29) is 5.56 Å². The van der Waals surface area contributed by atoms with Gasteiger partial charge in [-0.3, -0.25) is 4.79 Å². The summed E-state index contributed by atoms with van der Waals surface area (Å²) in [5, 5.41) is 3.56. The van der Waals surface area contributed by atoms with Crippen LogP contribution in [0.5, 0.6) is 0 Å². The largest absolute Gasteiger partial charge is 0.311 e. The van der Waals surface area contributed by atoms with Crippen LogP contribution in [0.2, 0.25) is 0 Å². The summed E-state index contributed by atoms with van der Waals surface area (Å²) in [5.74, 6) is 0. The van der Waals surface area contributed by atoms with Crippen molar-refractivity contribution in [3.63, 3.8) is 0 Å². The van der Waals surface area contributed by atoms with E-state index in [0.717, 1.165) is 26.1 Å². The average molecular weight is 289 g/mol. The number of hydrogen-bond acceptors (Lipinski definition) is 3. The first-order chi connectivity index (χ1) is 10.3. The fourth-order valence-corrected chi connectivity index (χ4v) is 3.81. The van der Waals surface area contributed by atoms with Gasteiger partial charge in [-0.1, -0.05) is 13.0 Å². The Morgan fingerprint density at radius 1 is 1.19 bits per heavy atom. The van der Waals surface area contributed by atoms with E-state index in [4.69, 9.17) is 0 Å². The molecule has 0 aromatic carbocycles. The summed E-state index contributed by atoms with van der Waals surface area (Å²) < 4.78 is 2.04. The Morgan fingerprint density at radius 3 is 2.76 bits per heavy atom. The molecular formula is C17H27N3O. The Balaban J connectivity index is 1.81. The molecule has 116 valence electrons. The van der Waals surface area contributed by atoms with Gasteiger partial charge in [0.15, 0.2) is 0 Å². The number of pyridine rings is 1. The minimum absolute atomic E-state index is 0.171. The lowest BCUT2D eigenvalue weighted by molar-refractivity contribution is 0.316. The first kappa shape index (κ1) is 14.8. The summed E-state index contributed by atoms with van der Waals surface area (Å²) in [7, 11) is 0. The van der Waals surface area contributed by atoms with Crippen molar-refractivity contribution in [1.82, 2.24) is 14.8 Å². The highest BCUT2D eigenvalue weighted by atomic mass is 16.1. The molecule has 4 nitrogen and oxygen atoms in total. The first-order valence-electron chi connectivity index (χ1n) is 8.48. The molecule has 0 amide bonds. The molecule has 1 saturated heterocycles. The van der Waals surface area contributed by atoms with Crippen LogP contribution in [-0.2, 0) is 13.0 Å². The van der Waals surface area contributed by atoms with Gasteiger partial charge < -0.3 is 14.8 Å². The van der Waals surface area contributed by atoms with Crippen LogP contribution in [0.4, 0.5) is 0 Å². The fourth-order valence-electron chi connectivity index (χ4n) is 3.81. The smallest absolute Gasteiger partial charge is 0.250 e. The highest BCUT2D eigenvalue weighted by molar-refractivity contribution is 5.27. The molecule has 4 heteroatoms. The van der Waals surface area contributed by atoms with Gasteiger partial charge in [-0.2, -0.15) is 0 Å². The summed E-state index contributed by atoms with van der Waals surface area (Å²) in [6.45, 7) is 7.39. The maximum Gasteiger partial charge on any atom is 0.250 e. The second-order valence-corrected chi connectivity index (χ2v) is 6.28. The summed E-state index contributed by atoms with van der Waals surface area (Å²) >= 11 is 0. The van der Waals surface area contributed by atoms with Crippen LogP contribution in [0.3, 0.4) is 0 Å². The van der Waals surface area contributed by atoms with Gasteiger partial charge in [-0.15, -0.1) is 0 Å². The van der Waals surface area contributed by atoms with Crippen molar-refractivity contribution in [2.45, 2.75) is 51.6 Å². The molecule has 3 rings (SSSR count). The van der Waals surface area contributed by atoms with E-state index < -0.39 is 0 Å². The number of likely N-dealkylation sites (tertiary alicyclic amines) is 1. The molecule has 1 atom stereocenters. The molecular weight excluding hydrogens is 262 g/mol. The van der Waals surface area contributed by atoms with Gasteiger partial charge in [0.1, 0.15) is 0 Å². The van der Waals surface area contributed by atoms with Crippen molar-refractivity contribution in [2.75, 3.05) is 26.2 Å². The van der Waals surface area contributed by atoms with Crippen LogP contribution in [0.25, 0.3) is 0 Å². The fraction of sp³-hybridized carbons (Fsp3) is 0.706. The third-order valence-electron chi connectivity index (χ3n) is 4.90. The van der Waals surface area contributed by atoms with Crippen LogP contribution in [0, 0.1) is 0 Å². The second kappa shape index (κ2) is 6.75. The molecule has 1 aliphatic carbocycles. The highest BCUT2D eigenvalue weighted by Crippen LogP contribution is 2.28. The quantitative estimate of drug-likeness (QED) is 0.900. The Kier molecular flexibility index (Phi) is 4.76. The summed E-state index contributed by atoms with van der Waals surface area (Å²) in [5.41, 5.74) is 2.80. The predicted molar refractivity (Wildman–Crippen MR) is 85.7 cm³/mol. The number of nitrogens with one attached hydrogen (secondary N) is 1. The molecule has 0 saturated carbocycles. The van der Waals surface area contributed by atoms with E-state index >= 15 is 0 Å². The number of nitrogens with zero attached hydrogens (tertiary/aromatic N) is 2. The van der Waals surface area contributed by atoms with Gasteiger partial charge in [-0.25, -0.2) is 0 Å². The minimum atomic E-state index is 0.171. The maximum atomic E-state index is 12.3. The van der Waals surface area contributed by atoms with Crippen LogP contribution < -0.4 is 10.9 Å². The highest BCUT2D eigenvalue weighted by Gasteiger charge is 2.22. The molecule has 21 heavy (non-hydrogen) atoms. The molecule has 1 unspecified atom stereocenters. The average Bonchev–Trinajstić information content (AvgIpc) is 3.00. The van der Waals surface area contributed by atoms with Crippen molar-refractivity contribution in [3.8, 4) is 0 Å². The van der Waals surface area contributed by atoms with Crippen molar-refractivity contribution in [1.29, 1.82) is 0 Å². The van der Waals surface area contributed by atoms with E-state index in [0.29, 0.717) is 6.04 Å². The zero-order valence-electron chi connectivity index (χ0n) is 13.1. The first-order valence-corrected chi connectivity index (χ1v) is 8.48. The molecule has 0 radical (unpaired) electrons. The zero-order valence-corrected chi connectivity index (χ0v) is 13.1. The van der Waals surface area contributed by atoms with Gasteiger partial charge in [-0.05, 0) is 57.3 Å². The molecule has 1 aromatic rings. The summed E-state index contributed by atoms with van der Waals surface area (Å²) in [6, 6.07) is 4.24. The Morgan fingerprint density at radius 2 is 2.00 bits per heavy atom. The van der Waals surface area contributed by atoms with Crippen LogP contribution >= 0.6 is 0 Å². The number of rotatable bonds is 5. The number of fused-ring (bicyclic) bond motifs is 1. The molecule has 2 aliphatic rings. The molecule has 1 aromatic heterocycles. The van der Waals surface area contributed by atoms with Gasteiger partial charge >= 0.3 is 0 Å². The topological polar surface area (TPSA) is 37.3 Å². The van der Waals surface area contributed by atoms with Crippen LogP contribution in [0.1, 0.15) is 49.9 Å². The summed E-state index contributed by atoms with van der Waals surface area (Å²) in [4.78, 5) is 14.8. The third-order valence-corrected chi connectivity index (χ3v) is 4.90. The van der Waals surface area contributed by atoms with E-state index in [1.807, 2.05) is 4.57 Å².